The fourth-order valence-corrected chi connectivity index (χ4v) is 8.15. The molecule has 330 valence electrons. The molecule has 8 rings (SSSR count). The summed E-state index contributed by atoms with van der Waals surface area (Å²) in [5.74, 6) is -1.04. The van der Waals surface area contributed by atoms with Gasteiger partial charge in [0.05, 0.1) is 32.3 Å². The number of nitro benzene ring substituents is 2. The molecule has 0 atom stereocenters. The van der Waals surface area contributed by atoms with Crippen LogP contribution < -0.4 is 0 Å². The summed E-state index contributed by atoms with van der Waals surface area (Å²) in [6, 6.07) is 42.0. The van der Waals surface area contributed by atoms with Crippen molar-refractivity contribution in [2.24, 2.45) is 10.3 Å². The minimum atomic E-state index is -0.529. The standard InChI is InChI=1S/C52H44N6O8/c1-4-50(59)65-53-42(40-32-55(44-23-11-10-22-39(40)44)45-24-12-14-26-47(45)57(61)62)31-37-20-9-8-19-36(37)29-38-21-16-28-49-52(38)41(33-56(49)46-25-13-15-27-48(46)58(63)64)43(54-66-51(60)5-2)30-35-18-7-6-17-34(35)3/h6-28,32-33H,4-5,29-31H2,1-3H3/b53-42+,54-43+. The Morgan fingerprint density at radius 3 is 1.64 bits per heavy atom. The van der Waals surface area contributed by atoms with Crippen molar-refractivity contribution in [2.45, 2.75) is 52.9 Å². The van der Waals surface area contributed by atoms with E-state index in [9.17, 15) is 29.8 Å². The number of para-hydroxylation sites is 5. The van der Waals surface area contributed by atoms with Gasteiger partial charge in [0.2, 0.25) is 0 Å². The summed E-state index contributed by atoms with van der Waals surface area (Å²) in [6.07, 6.45) is 4.67. The molecule has 0 aliphatic rings. The van der Waals surface area contributed by atoms with Crippen molar-refractivity contribution in [3.8, 4) is 11.4 Å². The molecular weight excluding hydrogens is 837 g/mol. The third kappa shape index (κ3) is 9.11. The van der Waals surface area contributed by atoms with Gasteiger partial charge in [-0.05, 0) is 65.4 Å². The van der Waals surface area contributed by atoms with E-state index < -0.39 is 21.8 Å². The highest BCUT2D eigenvalue weighted by Crippen LogP contribution is 2.36. The summed E-state index contributed by atoms with van der Waals surface area (Å²) in [5, 5.41) is 35.1. The second-order valence-electron chi connectivity index (χ2n) is 15.6. The molecule has 0 saturated carbocycles. The highest BCUT2D eigenvalue weighted by atomic mass is 16.7. The second-order valence-corrected chi connectivity index (χ2v) is 15.6. The van der Waals surface area contributed by atoms with Gasteiger partial charge in [0.25, 0.3) is 11.4 Å². The van der Waals surface area contributed by atoms with Crippen LogP contribution in [0.15, 0.2) is 162 Å². The van der Waals surface area contributed by atoms with Crippen molar-refractivity contribution in [1.82, 2.24) is 9.13 Å². The molecule has 0 amide bonds. The fourth-order valence-electron chi connectivity index (χ4n) is 8.15. The second kappa shape index (κ2) is 19.5. The molecule has 14 nitrogen and oxygen atoms in total. The van der Waals surface area contributed by atoms with Crippen LogP contribution in [0.1, 0.15) is 65.6 Å². The molecule has 0 fully saturated rings. The summed E-state index contributed by atoms with van der Waals surface area (Å²) >= 11 is 0. The number of nitrogens with zero attached hydrogens (tertiary/aromatic N) is 6. The Morgan fingerprint density at radius 2 is 1.02 bits per heavy atom. The van der Waals surface area contributed by atoms with E-state index in [4.69, 9.17) is 9.68 Å². The molecule has 2 heterocycles. The van der Waals surface area contributed by atoms with E-state index >= 15 is 0 Å². The van der Waals surface area contributed by atoms with Gasteiger partial charge in [-0.25, -0.2) is 9.59 Å². The zero-order chi connectivity index (χ0) is 46.3. The predicted molar refractivity (Wildman–Crippen MR) is 254 cm³/mol. The van der Waals surface area contributed by atoms with Crippen LogP contribution in [0, 0.1) is 27.2 Å². The van der Waals surface area contributed by atoms with Crippen molar-refractivity contribution >= 4 is 56.5 Å². The summed E-state index contributed by atoms with van der Waals surface area (Å²) in [7, 11) is 0. The number of hydrogen-bond donors (Lipinski definition) is 0. The van der Waals surface area contributed by atoms with Gasteiger partial charge in [0.1, 0.15) is 11.4 Å². The van der Waals surface area contributed by atoms with Crippen LogP contribution in [-0.4, -0.2) is 42.3 Å². The Bertz CT molecular complexity index is 3240. The van der Waals surface area contributed by atoms with E-state index in [0.717, 1.165) is 38.6 Å². The fraction of sp³-hybridized carbons (Fsp3) is 0.154. The average Bonchev–Trinajstić information content (AvgIpc) is 3.92. The van der Waals surface area contributed by atoms with Crippen LogP contribution in [0.4, 0.5) is 11.4 Å². The van der Waals surface area contributed by atoms with E-state index in [1.807, 2.05) is 104 Å². The molecule has 8 aromatic rings. The van der Waals surface area contributed by atoms with E-state index in [-0.39, 0.29) is 30.6 Å². The maximum atomic E-state index is 12.6. The Hall–Kier alpha value is -8.52. The maximum Gasteiger partial charge on any atom is 0.334 e. The van der Waals surface area contributed by atoms with E-state index in [0.29, 0.717) is 57.8 Å². The molecule has 0 bridgehead atoms. The van der Waals surface area contributed by atoms with Gasteiger partial charge in [0.15, 0.2) is 0 Å². The number of rotatable bonds is 16. The highest BCUT2D eigenvalue weighted by Gasteiger charge is 2.25. The van der Waals surface area contributed by atoms with Gasteiger partial charge < -0.3 is 18.8 Å². The first-order valence-electron chi connectivity index (χ1n) is 21.4. The molecule has 6 aromatic carbocycles. The molecule has 66 heavy (non-hydrogen) atoms. The molecule has 0 aliphatic carbocycles. The van der Waals surface area contributed by atoms with Gasteiger partial charge in [0, 0.05) is 72.1 Å². The van der Waals surface area contributed by atoms with Crippen molar-refractivity contribution in [3.63, 3.8) is 0 Å². The Labute approximate surface area is 379 Å². The number of carbonyl (C=O) groups excluding carboxylic acids is 2. The molecule has 0 saturated heterocycles. The lowest BCUT2D eigenvalue weighted by Gasteiger charge is -2.14. The van der Waals surface area contributed by atoms with Gasteiger partial charge in [-0.3, -0.25) is 20.2 Å². The van der Waals surface area contributed by atoms with E-state index in [1.54, 1.807) is 65.6 Å². The van der Waals surface area contributed by atoms with Crippen LogP contribution in [0.2, 0.25) is 0 Å². The Morgan fingerprint density at radius 1 is 0.545 bits per heavy atom. The van der Waals surface area contributed by atoms with Crippen LogP contribution in [0.3, 0.4) is 0 Å². The number of nitro groups is 2. The van der Waals surface area contributed by atoms with Gasteiger partial charge >= 0.3 is 11.9 Å². The number of benzene rings is 6. The number of carbonyl (C=O) groups is 2. The lowest BCUT2D eigenvalue weighted by atomic mass is 9.91. The smallest absolute Gasteiger partial charge is 0.318 e. The van der Waals surface area contributed by atoms with E-state index in [2.05, 4.69) is 10.3 Å². The third-order valence-corrected chi connectivity index (χ3v) is 11.5. The molecule has 0 spiro atoms. The van der Waals surface area contributed by atoms with Crippen LogP contribution >= 0.6 is 0 Å². The number of hydrogen-bond acceptors (Lipinski definition) is 10. The first-order chi connectivity index (χ1) is 32.1. The molecule has 2 aromatic heterocycles. The zero-order valence-corrected chi connectivity index (χ0v) is 36.4. The third-order valence-electron chi connectivity index (χ3n) is 11.5. The normalized spacial score (nSPS) is 11.8. The van der Waals surface area contributed by atoms with Gasteiger partial charge in [-0.1, -0.05) is 127 Å². The van der Waals surface area contributed by atoms with Crippen molar-refractivity contribution < 1.29 is 29.1 Å². The average molecular weight is 881 g/mol. The first kappa shape index (κ1) is 44.1. The number of aromatic nitrogens is 2. The van der Waals surface area contributed by atoms with E-state index in [1.165, 1.54) is 12.1 Å². The molecule has 0 radical (unpaired) electrons. The zero-order valence-electron chi connectivity index (χ0n) is 36.4. The molecule has 0 unspecified atom stereocenters. The Kier molecular flexibility index (Phi) is 13.0. The lowest BCUT2D eigenvalue weighted by Crippen LogP contribution is -2.11. The summed E-state index contributed by atoms with van der Waals surface area (Å²) in [4.78, 5) is 60.0. The minimum Gasteiger partial charge on any atom is -0.318 e. The maximum absolute atomic E-state index is 12.6. The number of oxime groups is 2. The number of fused-ring (bicyclic) bond motifs is 2. The summed E-state index contributed by atoms with van der Waals surface area (Å²) in [6.45, 7) is 5.36. The topological polar surface area (TPSA) is 173 Å². The molecule has 14 heteroatoms. The first-order valence-corrected chi connectivity index (χ1v) is 21.4. The van der Waals surface area contributed by atoms with Gasteiger partial charge in [-0.15, -0.1) is 0 Å². The summed E-state index contributed by atoms with van der Waals surface area (Å²) < 4.78 is 3.54. The van der Waals surface area contributed by atoms with Crippen LogP contribution in [0.25, 0.3) is 33.2 Å². The SMILES string of the molecule is CCC(=O)O/N=C(\Cc1ccccc1Cc1cccc2c1c(/C(Cc1ccccc1C)=N/OC(=O)CC)cn2-c1ccccc1[N+](=O)[O-])c1cn(-c2ccccc2[N+](=O)[O-])c2ccccc12. The largest absolute Gasteiger partial charge is 0.334 e. The lowest BCUT2D eigenvalue weighted by molar-refractivity contribution is -0.384. The molecular formula is C52H44N6O8. The quantitative estimate of drug-likeness (QED) is 0.0399. The molecule has 0 N–H and O–H groups in total. The minimum absolute atomic E-state index is 0.0778. The van der Waals surface area contributed by atoms with Crippen LogP contribution in [0.5, 0.6) is 0 Å². The van der Waals surface area contributed by atoms with Crippen molar-refractivity contribution in [2.75, 3.05) is 0 Å². The highest BCUT2D eigenvalue weighted by molar-refractivity contribution is 6.14. The summed E-state index contributed by atoms with van der Waals surface area (Å²) in [5.41, 5.74) is 8.61. The predicted octanol–water partition coefficient (Wildman–Crippen LogP) is 11.1. The monoisotopic (exact) mass is 880 g/mol. The van der Waals surface area contributed by atoms with Crippen molar-refractivity contribution in [1.29, 1.82) is 0 Å². The van der Waals surface area contributed by atoms with Crippen LogP contribution in [-0.2, 0) is 38.5 Å². The van der Waals surface area contributed by atoms with Crippen molar-refractivity contribution in [3.05, 3.63) is 211 Å². The van der Waals surface area contributed by atoms with Gasteiger partial charge in [-0.2, -0.15) is 0 Å². The molecule has 0 aliphatic heterocycles. The number of aryl methyl sites for hydroxylation is 1. The Balaban J connectivity index is 1.29.